The van der Waals surface area contributed by atoms with Crippen LogP contribution in [0.4, 0.5) is 0 Å². The molecule has 3 heteroatoms. The normalized spacial score (nSPS) is 13.1. The minimum atomic E-state index is 0.181. The topological polar surface area (TPSA) is 47.3 Å². The predicted octanol–water partition coefficient (Wildman–Crippen LogP) is 3.03. The average Bonchev–Trinajstić information content (AvgIpc) is 2.38. The van der Waals surface area contributed by atoms with Crippen molar-refractivity contribution in [1.29, 1.82) is 0 Å². The minimum Gasteiger partial charge on any atom is -0.491 e. The molecule has 1 rings (SSSR count). The Labute approximate surface area is 116 Å². The molecule has 1 aromatic carbocycles. The highest BCUT2D eigenvalue weighted by atomic mass is 16.5. The van der Waals surface area contributed by atoms with Crippen LogP contribution in [0.25, 0.3) is 0 Å². The van der Waals surface area contributed by atoms with Crippen LogP contribution in [-0.4, -0.2) is 19.2 Å². The fourth-order valence-electron chi connectivity index (χ4n) is 1.92. The molecule has 1 unspecified atom stereocenters. The fourth-order valence-corrected chi connectivity index (χ4v) is 1.92. The maximum absolute atomic E-state index is 5.85. The van der Waals surface area contributed by atoms with Crippen molar-refractivity contribution >= 4 is 0 Å². The van der Waals surface area contributed by atoms with Crippen molar-refractivity contribution in [1.82, 2.24) is 5.32 Å². The van der Waals surface area contributed by atoms with Crippen LogP contribution in [0.3, 0.4) is 0 Å². The zero-order chi connectivity index (χ0) is 14.1. The van der Waals surface area contributed by atoms with E-state index in [1.807, 2.05) is 32.9 Å². The third-order valence-electron chi connectivity index (χ3n) is 2.81. The molecule has 1 atom stereocenters. The minimum absolute atomic E-state index is 0.181. The van der Waals surface area contributed by atoms with E-state index in [1.54, 1.807) is 0 Å². The lowest BCUT2D eigenvalue weighted by Crippen LogP contribution is -2.28. The lowest BCUT2D eigenvalue weighted by molar-refractivity contribution is 0.242. The van der Waals surface area contributed by atoms with Crippen LogP contribution < -0.4 is 15.8 Å². The summed E-state index contributed by atoms with van der Waals surface area (Å²) >= 11 is 0. The Morgan fingerprint density at radius 2 is 2.16 bits per heavy atom. The second kappa shape index (κ2) is 8.73. The van der Waals surface area contributed by atoms with Gasteiger partial charge in [-0.15, -0.1) is 0 Å². The van der Waals surface area contributed by atoms with Gasteiger partial charge in [-0.3, -0.25) is 0 Å². The van der Waals surface area contributed by atoms with Crippen LogP contribution in [0.5, 0.6) is 5.75 Å². The molecule has 3 nitrogen and oxygen atoms in total. The van der Waals surface area contributed by atoms with Gasteiger partial charge in [-0.25, -0.2) is 0 Å². The van der Waals surface area contributed by atoms with Gasteiger partial charge in [-0.1, -0.05) is 24.3 Å². The summed E-state index contributed by atoms with van der Waals surface area (Å²) in [5, 5.41) is 3.47. The molecule has 0 heterocycles. The van der Waals surface area contributed by atoms with E-state index in [0.717, 1.165) is 18.7 Å². The van der Waals surface area contributed by atoms with Gasteiger partial charge in [0.05, 0.1) is 6.10 Å². The molecule has 0 aliphatic rings. The molecule has 1 aromatic rings. The summed E-state index contributed by atoms with van der Waals surface area (Å²) in [5.41, 5.74) is 7.03. The molecule has 0 aromatic heterocycles. The lowest BCUT2D eigenvalue weighted by Gasteiger charge is -2.18. The highest BCUT2D eigenvalue weighted by Crippen LogP contribution is 2.19. The quantitative estimate of drug-likeness (QED) is 0.559. The van der Waals surface area contributed by atoms with E-state index in [9.17, 15) is 0 Å². The van der Waals surface area contributed by atoms with Gasteiger partial charge in [-0.05, 0) is 51.4 Å². The fraction of sp³-hybridized carbons (Fsp3) is 0.500. The summed E-state index contributed by atoms with van der Waals surface area (Å²) < 4.78 is 5.71. The Balaban J connectivity index is 2.63. The van der Waals surface area contributed by atoms with E-state index >= 15 is 0 Å². The maximum Gasteiger partial charge on any atom is 0.120 e. The van der Waals surface area contributed by atoms with Crippen LogP contribution in [0.2, 0.25) is 0 Å². The number of rotatable bonds is 8. The van der Waals surface area contributed by atoms with E-state index in [0.29, 0.717) is 6.54 Å². The van der Waals surface area contributed by atoms with Crippen molar-refractivity contribution in [2.24, 2.45) is 5.73 Å². The molecule has 0 saturated heterocycles. The highest BCUT2D eigenvalue weighted by Gasteiger charge is 2.09. The lowest BCUT2D eigenvalue weighted by atomic mass is 10.1. The molecule has 3 N–H and O–H groups in total. The summed E-state index contributed by atoms with van der Waals surface area (Å²) in [5.74, 6) is 0.904. The second-order valence-corrected chi connectivity index (χ2v) is 4.84. The first kappa shape index (κ1) is 15.7. The highest BCUT2D eigenvalue weighted by molar-refractivity contribution is 5.31. The van der Waals surface area contributed by atoms with Crippen molar-refractivity contribution in [3.8, 4) is 5.75 Å². The van der Waals surface area contributed by atoms with Gasteiger partial charge >= 0.3 is 0 Å². The van der Waals surface area contributed by atoms with Gasteiger partial charge in [0.1, 0.15) is 5.75 Å². The molecule has 106 valence electrons. The Morgan fingerprint density at radius 3 is 2.79 bits per heavy atom. The molecule has 0 saturated carbocycles. The first-order valence-electron chi connectivity index (χ1n) is 6.98. The van der Waals surface area contributed by atoms with E-state index in [-0.39, 0.29) is 12.1 Å². The summed E-state index contributed by atoms with van der Waals surface area (Å²) in [6, 6.07) is 8.34. The van der Waals surface area contributed by atoms with Gasteiger partial charge < -0.3 is 15.8 Å². The molecule has 0 radical (unpaired) electrons. The SMILES string of the molecule is C/C=C/CCNC(CN)c1cccc(OC(C)C)c1. The van der Waals surface area contributed by atoms with Crippen LogP contribution >= 0.6 is 0 Å². The Bertz CT molecular complexity index is 388. The third-order valence-corrected chi connectivity index (χ3v) is 2.81. The predicted molar refractivity (Wildman–Crippen MR) is 81.4 cm³/mol. The maximum atomic E-state index is 5.85. The zero-order valence-electron chi connectivity index (χ0n) is 12.2. The van der Waals surface area contributed by atoms with Crippen molar-refractivity contribution in [2.45, 2.75) is 39.3 Å². The van der Waals surface area contributed by atoms with Gasteiger partial charge in [-0.2, -0.15) is 0 Å². The van der Waals surface area contributed by atoms with E-state index < -0.39 is 0 Å². The Kier molecular flexibility index (Phi) is 7.23. The number of hydrogen-bond acceptors (Lipinski definition) is 3. The molecule has 0 amide bonds. The van der Waals surface area contributed by atoms with Crippen molar-refractivity contribution in [3.05, 3.63) is 42.0 Å². The first-order valence-corrected chi connectivity index (χ1v) is 6.98. The zero-order valence-corrected chi connectivity index (χ0v) is 12.2. The first-order chi connectivity index (χ1) is 9.17. The number of nitrogens with one attached hydrogen (secondary N) is 1. The van der Waals surface area contributed by atoms with E-state index in [1.165, 1.54) is 5.56 Å². The van der Waals surface area contributed by atoms with Crippen LogP contribution in [0.1, 0.15) is 38.8 Å². The number of benzene rings is 1. The van der Waals surface area contributed by atoms with Crippen LogP contribution in [-0.2, 0) is 0 Å². The van der Waals surface area contributed by atoms with E-state index in [4.69, 9.17) is 10.5 Å². The van der Waals surface area contributed by atoms with Crippen molar-refractivity contribution in [3.63, 3.8) is 0 Å². The van der Waals surface area contributed by atoms with Gasteiger partial charge in [0.25, 0.3) is 0 Å². The molecule has 0 aliphatic heterocycles. The molecule has 0 fully saturated rings. The second-order valence-electron chi connectivity index (χ2n) is 4.84. The molecule has 0 aliphatic carbocycles. The molecule has 19 heavy (non-hydrogen) atoms. The number of nitrogens with two attached hydrogens (primary N) is 1. The Morgan fingerprint density at radius 1 is 1.37 bits per heavy atom. The van der Waals surface area contributed by atoms with Gasteiger partial charge in [0, 0.05) is 12.6 Å². The largest absolute Gasteiger partial charge is 0.491 e. The number of ether oxygens (including phenoxy) is 1. The summed E-state index contributed by atoms with van der Waals surface area (Å²) in [7, 11) is 0. The monoisotopic (exact) mass is 262 g/mol. The molecule has 0 spiro atoms. The summed E-state index contributed by atoms with van der Waals surface area (Å²) in [4.78, 5) is 0. The standard InChI is InChI=1S/C16H26N2O/c1-4-5-6-10-18-16(12-17)14-8-7-9-15(11-14)19-13(2)3/h4-5,7-9,11,13,16,18H,6,10,12,17H2,1-3H3/b5-4+. The van der Waals surface area contributed by atoms with Gasteiger partial charge in [0.2, 0.25) is 0 Å². The third kappa shape index (κ3) is 5.90. The van der Waals surface area contributed by atoms with Crippen molar-refractivity contribution < 1.29 is 4.74 Å². The van der Waals surface area contributed by atoms with E-state index in [2.05, 4.69) is 29.6 Å². The van der Waals surface area contributed by atoms with Crippen LogP contribution in [0.15, 0.2) is 36.4 Å². The molecule has 0 bridgehead atoms. The summed E-state index contributed by atoms with van der Waals surface area (Å²) in [6.07, 6.45) is 5.43. The average molecular weight is 262 g/mol. The molecular formula is C16H26N2O. The van der Waals surface area contributed by atoms with Crippen molar-refractivity contribution in [2.75, 3.05) is 13.1 Å². The number of allylic oxidation sites excluding steroid dienone is 1. The van der Waals surface area contributed by atoms with Gasteiger partial charge in [0.15, 0.2) is 0 Å². The van der Waals surface area contributed by atoms with Crippen LogP contribution in [0, 0.1) is 0 Å². The molecular weight excluding hydrogens is 236 g/mol. The summed E-state index contributed by atoms with van der Waals surface area (Å²) in [6.45, 7) is 7.61. The Hall–Kier alpha value is -1.32. The number of hydrogen-bond donors (Lipinski definition) is 2. The smallest absolute Gasteiger partial charge is 0.120 e.